The predicted molar refractivity (Wildman–Crippen MR) is 132 cm³/mol. The van der Waals surface area contributed by atoms with Gasteiger partial charge in [-0.2, -0.15) is 0 Å². The lowest BCUT2D eigenvalue weighted by Crippen LogP contribution is -2.10. The Labute approximate surface area is 192 Å². The van der Waals surface area contributed by atoms with Gasteiger partial charge in [0.05, 0.1) is 5.52 Å². The first-order valence-electron chi connectivity index (χ1n) is 11.8. The molecule has 5 rings (SSSR count). The third-order valence-corrected chi connectivity index (χ3v) is 8.46. The minimum atomic E-state index is 0.447. The molecule has 31 heavy (non-hydrogen) atoms. The van der Waals surface area contributed by atoms with Gasteiger partial charge >= 0.3 is 0 Å². The highest BCUT2D eigenvalue weighted by Crippen LogP contribution is 2.41. The molecular formula is C24H31N5S2. The number of pyridine rings is 1. The summed E-state index contributed by atoms with van der Waals surface area (Å²) in [5.74, 6) is 1.53. The van der Waals surface area contributed by atoms with Crippen molar-refractivity contribution in [3.8, 4) is 0 Å². The van der Waals surface area contributed by atoms with Crippen LogP contribution in [0.5, 0.6) is 0 Å². The Hall–Kier alpha value is -1.73. The van der Waals surface area contributed by atoms with Crippen molar-refractivity contribution >= 4 is 49.2 Å². The van der Waals surface area contributed by atoms with Crippen molar-refractivity contribution in [2.24, 2.45) is 0 Å². The minimum absolute atomic E-state index is 0.447. The van der Waals surface area contributed by atoms with Gasteiger partial charge in [-0.1, -0.05) is 58.2 Å². The molecule has 0 aliphatic heterocycles. The van der Waals surface area contributed by atoms with Gasteiger partial charge in [0.1, 0.15) is 15.9 Å². The van der Waals surface area contributed by atoms with Crippen LogP contribution in [0.2, 0.25) is 0 Å². The zero-order chi connectivity index (χ0) is 21.4. The van der Waals surface area contributed by atoms with Gasteiger partial charge in [0.15, 0.2) is 10.8 Å². The van der Waals surface area contributed by atoms with E-state index in [0.717, 1.165) is 44.4 Å². The van der Waals surface area contributed by atoms with Crippen molar-refractivity contribution in [3.63, 3.8) is 0 Å². The molecule has 164 valence electrons. The highest BCUT2D eigenvalue weighted by molar-refractivity contribution is 7.99. The Morgan fingerprint density at radius 1 is 1.06 bits per heavy atom. The van der Waals surface area contributed by atoms with Crippen molar-refractivity contribution in [3.05, 3.63) is 23.1 Å². The van der Waals surface area contributed by atoms with E-state index in [1.54, 1.807) is 23.1 Å². The van der Waals surface area contributed by atoms with Crippen LogP contribution >= 0.6 is 23.1 Å². The average Bonchev–Trinajstić information content (AvgIpc) is 3.36. The molecule has 0 N–H and O–H groups in total. The molecule has 4 heterocycles. The van der Waals surface area contributed by atoms with Crippen LogP contribution in [0.3, 0.4) is 0 Å². The Kier molecular flexibility index (Phi) is 6.15. The summed E-state index contributed by atoms with van der Waals surface area (Å²) in [6, 6.07) is 0. The summed E-state index contributed by atoms with van der Waals surface area (Å²) in [6.45, 7) is 6.78. The summed E-state index contributed by atoms with van der Waals surface area (Å²) >= 11 is 3.54. The van der Waals surface area contributed by atoms with E-state index >= 15 is 0 Å². The molecule has 1 aliphatic rings. The van der Waals surface area contributed by atoms with Crippen molar-refractivity contribution < 1.29 is 0 Å². The van der Waals surface area contributed by atoms with Gasteiger partial charge < -0.3 is 0 Å². The van der Waals surface area contributed by atoms with E-state index in [2.05, 4.69) is 35.4 Å². The second kappa shape index (κ2) is 9.02. The molecule has 4 aromatic heterocycles. The second-order valence-corrected chi connectivity index (χ2v) is 11.0. The molecule has 0 atom stereocenters. The number of aromatic nitrogens is 5. The Morgan fingerprint density at radius 3 is 2.68 bits per heavy atom. The molecule has 5 nitrogen and oxygen atoms in total. The van der Waals surface area contributed by atoms with Gasteiger partial charge in [-0.05, 0) is 49.1 Å². The fourth-order valence-corrected chi connectivity index (χ4v) is 6.82. The molecule has 0 spiro atoms. The number of fused-ring (bicyclic) bond motifs is 7. The quantitative estimate of drug-likeness (QED) is 0.213. The van der Waals surface area contributed by atoms with Gasteiger partial charge in [0.2, 0.25) is 0 Å². The van der Waals surface area contributed by atoms with E-state index < -0.39 is 0 Å². The van der Waals surface area contributed by atoms with Crippen LogP contribution in [0, 0.1) is 0 Å². The summed E-state index contributed by atoms with van der Waals surface area (Å²) in [4.78, 5) is 11.2. The first kappa shape index (κ1) is 21.1. The van der Waals surface area contributed by atoms with Crippen LogP contribution in [-0.4, -0.2) is 30.3 Å². The van der Waals surface area contributed by atoms with Gasteiger partial charge in [-0.3, -0.25) is 4.40 Å². The summed E-state index contributed by atoms with van der Waals surface area (Å²) in [5.41, 5.74) is 6.25. The summed E-state index contributed by atoms with van der Waals surface area (Å²) < 4.78 is 3.20. The molecule has 7 heteroatoms. The predicted octanol–water partition coefficient (Wildman–Crippen LogP) is 6.95. The van der Waals surface area contributed by atoms with Crippen LogP contribution in [0.4, 0.5) is 0 Å². The lowest BCUT2D eigenvalue weighted by atomic mass is 9.86. The highest BCUT2D eigenvalue weighted by atomic mass is 32.2. The van der Waals surface area contributed by atoms with Crippen LogP contribution in [-0.2, 0) is 12.8 Å². The Morgan fingerprint density at radius 2 is 1.87 bits per heavy atom. The molecule has 0 saturated carbocycles. The largest absolute Gasteiger partial charge is 0.259 e. The number of hydrogen-bond donors (Lipinski definition) is 0. The average molecular weight is 454 g/mol. The fourth-order valence-electron chi connectivity index (χ4n) is 4.77. The highest BCUT2D eigenvalue weighted by Gasteiger charge is 2.24. The number of rotatable bonds is 8. The van der Waals surface area contributed by atoms with Gasteiger partial charge in [-0.25, -0.2) is 9.97 Å². The Bertz CT molecular complexity index is 1220. The van der Waals surface area contributed by atoms with Gasteiger partial charge in [0, 0.05) is 16.8 Å². The van der Waals surface area contributed by atoms with E-state index in [-0.39, 0.29) is 0 Å². The molecule has 0 bridgehead atoms. The molecule has 0 saturated heterocycles. The zero-order valence-electron chi connectivity index (χ0n) is 18.8. The lowest BCUT2D eigenvalue weighted by molar-refractivity contribution is 0.659. The van der Waals surface area contributed by atoms with E-state index in [0.29, 0.717) is 5.92 Å². The molecule has 0 aromatic carbocycles. The smallest absolute Gasteiger partial charge is 0.196 e. The summed E-state index contributed by atoms with van der Waals surface area (Å²) in [5, 5.41) is 11.3. The number of thiophene rings is 1. The van der Waals surface area contributed by atoms with Crippen molar-refractivity contribution in [2.75, 3.05) is 5.75 Å². The standard InChI is InChI=1S/C24H31N5S2/c1-4-5-6-7-10-13-30-24-28-27-22-21-20(25-14-29(22)24)18-16-11-8-9-12-17(16)19(15(2)3)26-23(18)31-21/h14-15H,4-13H2,1-3H3. The third kappa shape index (κ3) is 3.84. The van der Waals surface area contributed by atoms with Crippen molar-refractivity contribution in [1.82, 2.24) is 24.6 Å². The topological polar surface area (TPSA) is 56.0 Å². The van der Waals surface area contributed by atoms with E-state index in [1.807, 2.05) is 6.33 Å². The number of thioether (sulfide) groups is 1. The maximum absolute atomic E-state index is 5.14. The van der Waals surface area contributed by atoms with E-state index in [4.69, 9.17) is 9.97 Å². The number of nitrogens with zero attached hydrogens (tertiary/aromatic N) is 5. The van der Waals surface area contributed by atoms with Gasteiger partial charge in [0.25, 0.3) is 0 Å². The van der Waals surface area contributed by atoms with Crippen molar-refractivity contribution in [1.29, 1.82) is 0 Å². The molecule has 0 amide bonds. The van der Waals surface area contributed by atoms with Crippen LogP contribution < -0.4 is 0 Å². The zero-order valence-corrected chi connectivity index (χ0v) is 20.4. The number of unbranched alkanes of at least 4 members (excludes halogenated alkanes) is 4. The van der Waals surface area contributed by atoms with E-state index in [9.17, 15) is 0 Å². The first-order valence-corrected chi connectivity index (χ1v) is 13.6. The fraction of sp³-hybridized carbons (Fsp3) is 0.583. The second-order valence-electron chi connectivity index (χ2n) is 8.96. The SMILES string of the molecule is CCCCCCCSc1nnc2c3sc4nc(C(C)C)c5c(c4c3ncn12)CCCC5. The molecule has 0 unspecified atom stereocenters. The summed E-state index contributed by atoms with van der Waals surface area (Å²) in [6.07, 6.45) is 13.2. The minimum Gasteiger partial charge on any atom is -0.259 e. The number of hydrogen-bond acceptors (Lipinski definition) is 6. The monoisotopic (exact) mass is 453 g/mol. The molecule has 0 fully saturated rings. The lowest BCUT2D eigenvalue weighted by Gasteiger charge is -2.21. The summed E-state index contributed by atoms with van der Waals surface area (Å²) in [7, 11) is 0. The maximum atomic E-state index is 5.14. The molecular weight excluding hydrogens is 422 g/mol. The number of aryl methyl sites for hydroxylation is 1. The van der Waals surface area contributed by atoms with Crippen LogP contribution in [0.25, 0.3) is 26.1 Å². The van der Waals surface area contributed by atoms with E-state index in [1.165, 1.54) is 67.2 Å². The first-order chi connectivity index (χ1) is 15.2. The van der Waals surface area contributed by atoms with Crippen LogP contribution in [0.15, 0.2) is 11.5 Å². The van der Waals surface area contributed by atoms with Gasteiger partial charge in [-0.15, -0.1) is 21.5 Å². The molecule has 4 aromatic rings. The normalized spacial score (nSPS) is 14.3. The molecule has 0 radical (unpaired) electrons. The van der Waals surface area contributed by atoms with Crippen molar-refractivity contribution in [2.45, 2.75) is 89.6 Å². The van der Waals surface area contributed by atoms with Crippen LogP contribution in [0.1, 0.15) is 88.5 Å². The third-order valence-electron chi connectivity index (χ3n) is 6.36. The molecule has 1 aliphatic carbocycles. The Balaban J connectivity index is 1.54. The maximum Gasteiger partial charge on any atom is 0.196 e.